The number of nitrogens with one attached hydrogen (secondary N) is 2. The van der Waals surface area contributed by atoms with Gasteiger partial charge in [0.1, 0.15) is 6.04 Å². The minimum atomic E-state index is -1.02. The van der Waals surface area contributed by atoms with Crippen molar-refractivity contribution in [2.24, 2.45) is 0 Å². The van der Waals surface area contributed by atoms with Crippen LogP contribution in [-0.2, 0) is 9.59 Å². The Bertz CT molecular complexity index is 170. The van der Waals surface area contributed by atoms with Gasteiger partial charge in [0.2, 0.25) is 5.91 Å². The Labute approximate surface area is 71.1 Å². The number of carboxylic acids is 1. The van der Waals surface area contributed by atoms with E-state index in [-0.39, 0.29) is 5.91 Å². The first-order valence-electron chi connectivity index (χ1n) is 3.74. The summed E-state index contributed by atoms with van der Waals surface area (Å²) < 4.78 is 0. The molecule has 0 radical (unpaired) electrons. The predicted molar refractivity (Wildman–Crippen MR) is 43.8 cm³/mol. The second-order valence-corrected chi connectivity index (χ2v) is 2.48. The Kier molecular flexibility index (Phi) is 5.03. The van der Waals surface area contributed by atoms with E-state index in [4.69, 9.17) is 5.11 Å². The highest BCUT2D eigenvalue weighted by Crippen LogP contribution is 1.83. The standard InChI is InChI=1S/C7H14N2O3/c1-5(7(11)12)9-6(10)3-4-8-2/h5,8H,3-4H2,1-2H3,(H,9,10)(H,11,12). The lowest BCUT2D eigenvalue weighted by Gasteiger charge is -2.08. The average molecular weight is 174 g/mol. The molecule has 0 aromatic carbocycles. The molecular formula is C7H14N2O3. The average Bonchev–Trinajstić information content (AvgIpc) is 2.00. The van der Waals surface area contributed by atoms with Gasteiger partial charge in [-0.1, -0.05) is 0 Å². The van der Waals surface area contributed by atoms with Gasteiger partial charge < -0.3 is 15.7 Å². The number of carboxylic acid groups (broad SMARTS) is 1. The molecule has 5 heteroatoms. The molecule has 5 nitrogen and oxygen atoms in total. The van der Waals surface area contributed by atoms with Crippen LogP contribution in [0.1, 0.15) is 13.3 Å². The highest BCUT2D eigenvalue weighted by Gasteiger charge is 2.12. The highest BCUT2D eigenvalue weighted by atomic mass is 16.4. The molecule has 0 rings (SSSR count). The van der Waals surface area contributed by atoms with Crippen LogP contribution in [0, 0.1) is 0 Å². The van der Waals surface area contributed by atoms with Crippen LogP contribution in [-0.4, -0.2) is 36.6 Å². The quantitative estimate of drug-likeness (QED) is 0.509. The van der Waals surface area contributed by atoms with E-state index in [1.807, 2.05) is 0 Å². The maximum absolute atomic E-state index is 10.9. The fourth-order valence-corrected chi connectivity index (χ4v) is 0.614. The molecule has 0 heterocycles. The lowest BCUT2D eigenvalue weighted by molar-refractivity contribution is -0.141. The van der Waals surface area contributed by atoms with Crippen molar-refractivity contribution in [3.05, 3.63) is 0 Å². The minimum Gasteiger partial charge on any atom is -0.480 e. The van der Waals surface area contributed by atoms with Crippen LogP contribution < -0.4 is 10.6 Å². The monoisotopic (exact) mass is 174 g/mol. The van der Waals surface area contributed by atoms with Crippen molar-refractivity contribution in [3.63, 3.8) is 0 Å². The van der Waals surface area contributed by atoms with E-state index in [0.29, 0.717) is 13.0 Å². The molecule has 0 aliphatic rings. The predicted octanol–water partition coefficient (Wildman–Crippen LogP) is -0.815. The Hall–Kier alpha value is -1.10. The van der Waals surface area contributed by atoms with E-state index >= 15 is 0 Å². The third-order valence-corrected chi connectivity index (χ3v) is 1.35. The Morgan fingerprint density at radius 2 is 2.08 bits per heavy atom. The van der Waals surface area contributed by atoms with Crippen molar-refractivity contribution in [3.8, 4) is 0 Å². The Morgan fingerprint density at radius 3 is 2.50 bits per heavy atom. The summed E-state index contributed by atoms with van der Waals surface area (Å²) in [4.78, 5) is 21.2. The molecule has 0 aliphatic heterocycles. The number of hydrogen-bond acceptors (Lipinski definition) is 3. The number of hydrogen-bond donors (Lipinski definition) is 3. The fraction of sp³-hybridized carbons (Fsp3) is 0.714. The van der Waals surface area contributed by atoms with Gasteiger partial charge in [-0.15, -0.1) is 0 Å². The van der Waals surface area contributed by atoms with E-state index in [9.17, 15) is 9.59 Å². The molecule has 1 atom stereocenters. The van der Waals surface area contributed by atoms with Crippen LogP contribution in [0.4, 0.5) is 0 Å². The van der Waals surface area contributed by atoms with Gasteiger partial charge in [-0.3, -0.25) is 9.59 Å². The molecule has 1 unspecified atom stereocenters. The fourth-order valence-electron chi connectivity index (χ4n) is 0.614. The van der Waals surface area contributed by atoms with E-state index in [0.717, 1.165) is 0 Å². The van der Waals surface area contributed by atoms with Crippen molar-refractivity contribution in [2.45, 2.75) is 19.4 Å². The number of rotatable bonds is 5. The van der Waals surface area contributed by atoms with Crippen molar-refractivity contribution in [2.75, 3.05) is 13.6 Å². The van der Waals surface area contributed by atoms with E-state index in [2.05, 4.69) is 10.6 Å². The van der Waals surface area contributed by atoms with Crippen molar-refractivity contribution in [1.29, 1.82) is 0 Å². The van der Waals surface area contributed by atoms with Crippen LogP contribution in [0.2, 0.25) is 0 Å². The molecule has 1 amide bonds. The molecule has 0 fully saturated rings. The minimum absolute atomic E-state index is 0.251. The summed E-state index contributed by atoms with van der Waals surface area (Å²) in [6.45, 7) is 1.98. The SMILES string of the molecule is CNCCC(=O)NC(C)C(=O)O. The molecule has 0 aliphatic carbocycles. The summed E-state index contributed by atoms with van der Waals surface area (Å²) in [7, 11) is 1.73. The van der Waals surface area contributed by atoms with Crippen LogP contribution in [0.3, 0.4) is 0 Å². The van der Waals surface area contributed by atoms with Crippen molar-refractivity contribution in [1.82, 2.24) is 10.6 Å². The van der Waals surface area contributed by atoms with E-state index < -0.39 is 12.0 Å². The molecule has 0 saturated carbocycles. The van der Waals surface area contributed by atoms with Crippen LogP contribution in [0.25, 0.3) is 0 Å². The number of carbonyl (C=O) groups excluding carboxylic acids is 1. The highest BCUT2D eigenvalue weighted by molar-refractivity contribution is 5.83. The maximum atomic E-state index is 10.9. The van der Waals surface area contributed by atoms with Gasteiger partial charge in [-0.05, 0) is 14.0 Å². The van der Waals surface area contributed by atoms with Crippen LogP contribution >= 0.6 is 0 Å². The second-order valence-electron chi connectivity index (χ2n) is 2.48. The lowest BCUT2D eigenvalue weighted by Crippen LogP contribution is -2.39. The summed E-state index contributed by atoms with van der Waals surface area (Å²) in [5.74, 6) is -1.27. The summed E-state index contributed by atoms with van der Waals surface area (Å²) >= 11 is 0. The van der Waals surface area contributed by atoms with Gasteiger partial charge in [-0.2, -0.15) is 0 Å². The first kappa shape index (κ1) is 10.9. The summed E-state index contributed by atoms with van der Waals surface area (Å²) in [6, 6.07) is -0.811. The molecule has 0 aromatic rings. The van der Waals surface area contributed by atoms with Crippen LogP contribution in [0.15, 0.2) is 0 Å². The summed E-state index contributed by atoms with van der Waals surface area (Å²) in [6.07, 6.45) is 0.300. The molecular weight excluding hydrogens is 160 g/mol. The lowest BCUT2D eigenvalue weighted by atomic mass is 10.3. The van der Waals surface area contributed by atoms with Crippen LogP contribution in [0.5, 0.6) is 0 Å². The topological polar surface area (TPSA) is 78.4 Å². The number of aliphatic carboxylic acids is 1. The van der Waals surface area contributed by atoms with E-state index in [1.54, 1.807) is 7.05 Å². The van der Waals surface area contributed by atoms with E-state index in [1.165, 1.54) is 6.92 Å². The zero-order valence-corrected chi connectivity index (χ0v) is 7.26. The van der Waals surface area contributed by atoms with Gasteiger partial charge in [0.05, 0.1) is 0 Å². The zero-order chi connectivity index (χ0) is 9.56. The molecule has 3 N–H and O–H groups in total. The van der Waals surface area contributed by atoms with Gasteiger partial charge >= 0.3 is 5.97 Å². The first-order chi connectivity index (χ1) is 5.57. The molecule has 0 spiro atoms. The number of amides is 1. The van der Waals surface area contributed by atoms with Gasteiger partial charge in [0, 0.05) is 13.0 Å². The Balaban J connectivity index is 3.61. The molecule has 12 heavy (non-hydrogen) atoms. The van der Waals surface area contributed by atoms with Crippen molar-refractivity contribution < 1.29 is 14.7 Å². The van der Waals surface area contributed by atoms with Crippen molar-refractivity contribution >= 4 is 11.9 Å². The summed E-state index contributed by atoms with van der Waals surface area (Å²) in [5.41, 5.74) is 0. The third-order valence-electron chi connectivity index (χ3n) is 1.35. The zero-order valence-electron chi connectivity index (χ0n) is 7.26. The molecule has 0 aromatic heterocycles. The van der Waals surface area contributed by atoms with Gasteiger partial charge in [-0.25, -0.2) is 0 Å². The van der Waals surface area contributed by atoms with Gasteiger partial charge in [0.15, 0.2) is 0 Å². The molecule has 70 valence electrons. The van der Waals surface area contributed by atoms with Gasteiger partial charge in [0.25, 0.3) is 0 Å². The largest absolute Gasteiger partial charge is 0.480 e. The molecule has 0 saturated heterocycles. The summed E-state index contributed by atoms with van der Waals surface area (Å²) in [5, 5.41) is 13.6. The molecule has 0 bridgehead atoms. The number of carbonyl (C=O) groups is 2. The second kappa shape index (κ2) is 5.54. The maximum Gasteiger partial charge on any atom is 0.325 e. The normalized spacial score (nSPS) is 12.2. The first-order valence-corrected chi connectivity index (χ1v) is 3.74. The Morgan fingerprint density at radius 1 is 1.50 bits per heavy atom. The smallest absolute Gasteiger partial charge is 0.325 e. The third kappa shape index (κ3) is 4.68.